The first-order chi connectivity index (χ1) is 7.72. The number of rotatable bonds is 2. The molecule has 2 rings (SSSR count). The van der Waals surface area contributed by atoms with Crippen molar-refractivity contribution in [2.75, 3.05) is 43.4 Å². The van der Waals surface area contributed by atoms with E-state index in [1.807, 2.05) is 18.2 Å². The molecule has 0 bridgehead atoms. The molecular formula is C12H19ClN3+. The molecule has 16 heavy (non-hydrogen) atoms. The third-order valence-electron chi connectivity index (χ3n) is 3.30. The van der Waals surface area contributed by atoms with E-state index in [-0.39, 0.29) is 0 Å². The highest BCUT2D eigenvalue weighted by atomic mass is 35.5. The van der Waals surface area contributed by atoms with Crippen LogP contribution in [-0.4, -0.2) is 32.7 Å². The van der Waals surface area contributed by atoms with E-state index < -0.39 is 0 Å². The minimum absolute atomic E-state index is 0.764. The zero-order valence-electron chi connectivity index (χ0n) is 9.67. The van der Waals surface area contributed by atoms with Gasteiger partial charge in [0.05, 0.1) is 49.1 Å². The van der Waals surface area contributed by atoms with Crippen molar-refractivity contribution < 1.29 is 4.90 Å². The SMILES string of the molecule is CC[NH+]1CCN(c2c(N)cccc2Cl)CC1. The molecule has 0 unspecified atom stereocenters. The van der Waals surface area contributed by atoms with E-state index in [0.29, 0.717) is 0 Å². The van der Waals surface area contributed by atoms with Crippen molar-refractivity contribution >= 4 is 23.0 Å². The molecular weight excluding hydrogens is 222 g/mol. The van der Waals surface area contributed by atoms with E-state index in [9.17, 15) is 0 Å². The van der Waals surface area contributed by atoms with Gasteiger partial charge in [-0.05, 0) is 19.1 Å². The Hall–Kier alpha value is -0.930. The maximum absolute atomic E-state index is 6.20. The third kappa shape index (κ3) is 2.25. The molecule has 0 aromatic heterocycles. The number of piperazine rings is 1. The monoisotopic (exact) mass is 240 g/mol. The topological polar surface area (TPSA) is 33.7 Å². The van der Waals surface area contributed by atoms with Crippen LogP contribution in [0, 0.1) is 0 Å². The number of benzene rings is 1. The molecule has 0 aliphatic carbocycles. The maximum atomic E-state index is 6.20. The molecule has 0 radical (unpaired) electrons. The lowest BCUT2D eigenvalue weighted by Crippen LogP contribution is -3.14. The van der Waals surface area contributed by atoms with Crippen LogP contribution in [0.4, 0.5) is 11.4 Å². The molecule has 88 valence electrons. The van der Waals surface area contributed by atoms with Gasteiger partial charge in [0, 0.05) is 0 Å². The van der Waals surface area contributed by atoms with Crippen LogP contribution < -0.4 is 15.5 Å². The smallest absolute Gasteiger partial charge is 0.0949 e. The van der Waals surface area contributed by atoms with Crippen LogP contribution in [0.1, 0.15) is 6.92 Å². The number of nitrogen functional groups attached to an aromatic ring is 1. The third-order valence-corrected chi connectivity index (χ3v) is 3.61. The van der Waals surface area contributed by atoms with Gasteiger partial charge in [-0.15, -0.1) is 0 Å². The number of para-hydroxylation sites is 1. The number of nitrogens with zero attached hydrogens (tertiary/aromatic N) is 1. The summed E-state index contributed by atoms with van der Waals surface area (Å²) in [7, 11) is 0. The minimum Gasteiger partial charge on any atom is -0.397 e. The highest BCUT2D eigenvalue weighted by Gasteiger charge is 2.21. The van der Waals surface area contributed by atoms with E-state index in [4.69, 9.17) is 17.3 Å². The Morgan fingerprint density at radius 3 is 2.62 bits per heavy atom. The summed E-state index contributed by atoms with van der Waals surface area (Å²) in [5.41, 5.74) is 7.78. The summed E-state index contributed by atoms with van der Waals surface area (Å²) in [5, 5.41) is 0.764. The highest BCUT2D eigenvalue weighted by molar-refractivity contribution is 6.34. The number of nitrogens with two attached hydrogens (primary N) is 1. The van der Waals surface area contributed by atoms with Gasteiger partial charge < -0.3 is 15.5 Å². The number of hydrogen-bond acceptors (Lipinski definition) is 2. The normalized spacial score (nSPS) is 17.8. The van der Waals surface area contributed by atoms with Crippen LogP contribution >= 0.6 is 11.6 Å². The molecule has 0 saturated carbocycles. The average molecular weight is 241 g/mol. The van der Waals surface area contributed by atoms with Crippen molar-refractivity contribution in [2.45, 2.75) is 6.92 Å². The zero-order valence-corrected chi connectivity index (χ0v) is 10.4. The van der Waals surface area contributed by atoms with E-state index in [1.165, 1.54) is 19.6 Å². The lowest BCUT2D eigenvalue weighted by atomic mass is 10.2. The highest BCUT2D eigenvalue weighted by Crippen LogP contribution is 2.31. The van der Waals surface area contributed by atoms with Gasteiger partial charge in [-0.3, -0.25) is 0 Å². The van der Waals surface area contributed by atoms with Crippen molar-refractivity contribution in [1.29, 1.82) is 0 Å². The van der Waals surface area contributed by atoms with Crippen molar-refractivity contribution in [2.24, 2.45) is 0 Å². The van der Waals surface area contributed by atoms with Crippen molar-refractivity contribution in [3.8, 4) is 0 Å². The molecule has 0 spiro atoms. The summed E-state index contributed by atoms with van der Waals surface area (Å²) in [6.45, 7) is 7.84. The van der Waals surface area contributed by atoms with Gasteiger partial charge in [0.15, 0.2) is 0 Å². The van der Waals surface area contributed by atoms with Gasteiger partial charge in [-0.1, -0.05) is 17.7 Å². The second kappa shape index (κ2) is 4.93. The lowest BCUT2D eigenvalue weighted by molar-refractivity contribution is -0.898. The Bertz CT molecular complexity index is 339. The number of halogens is 1. The van der Waals surface area contributed by atoms with Gasteiger partial charge in [0.1, 0.15) is 0 Å². The van der Waals surface area contributed by atoms with Crippen LogP contribution in [0.2, 0.25) is 5.02 Å². The van der Waals surface area contributed by atoms with Crippen LogP contribution in [0.25, 0.3) is 0 Å². The first-order valence-electron chi connectivity index (χ1n) is 5.85. The molecule has 0 amide bonds. The summed E-state index contributed by atoms with van der Waals surface area (Å²) in [6.07, 6.45) is 0. The standard InChI is InChI=1S/C12H18ClN3/c1-2-15-6-8-16(9-7-15)12-10(13)4-3-5-11(12)14/h3-5H,2,6-9,14H2,1H3/p+1. The molecule has 1 fully saturated rings. The first-order valence-corrected chi connectivity index (χ1v) is 6.22. The Labute approximate surface area is 102 Å². The van der Waals surface area contributed by atoms with Gasteiger partial charge in [-0.2, -0.15) is 0 Å². The lowest BCUT2D eigenvalue weighted by Gasteiger charge is -2.34. The van der Waals surface area contributed by atoms with Gasteiger partial charge in [-0.25, -0.2) is 0 Å². The summed E-state index contributed by atoms with van der Waals surface area (Å²) < 4.78 is 0. The summed E-state index contributed by atoms with van der Waals surface area (Å²) >= 11 is 6.20. The fourth-order valence-corrected chi connectivity index (χ4v) is 2.57. The molecule has 0 atom stereocenters. The van der Waals surface area contributed by atoms with Crippen molar-refractivity contribution in [3.63, 3.8) is 0 Å². The second-order valence-electron chi connectivity index (χ2n) is 4.27. The fourth-order valence-electron chi connectivity index (χ4n) is 2.27. The molecule has 1 aromatic carbocycles. The van der Waals surface area contributed by atoms with Crippen molar-refractivity contribution in [1.82, 2.24) is 0 Å². The largest absolute Gasteiger partial charge is 0.397 e. The Morgan fingerprint density at radius 2 is 2.06 bits per heavy atom. The summed E-state index contributed by atoms with van der Waals surface area (Å²) in [4.78, 5) is 3.96. The Balaban J connectivity index is 2.14. The average Bonchev–Trinajstić information content (AvgIpc) is 2.30. The fraction of sp³-hybridized carbons (Fsp3) is 0.500. The van der Waals surface area contributed by atoms with Gasteiger partial charge >= 0.3 is 0 Å². The van der Waals surface area contributed by atoms with E-state index in [1.54, 1.807) is 4.90 Å². The minimum atomic E-state index is 0.764. The molecule has 3 N–H and O–H groups in total. The Morgan fingerprint density at radius 1 is 1.38 bits per heavy atom. The molecule has 1 aromatic rings. The molecule has 1 aliphatic rings. The van der Waals surface area contributed by atoms with Crippen LogP contribution in [-0.2, 0) is 0 Å². The van der Waals surface area contributed by atoms with Crippen LogP contribution in [0.5, 0.6) is 0 Å². The number of nitrogens with one attached hydrogen (secondary N) is 1. The van der Waals surface area contributed by atoms with E-state index >= 15 is 0 Å². The van der Waals surface area contributed by atoms with E-state index in [0.717, 1.165) is 29.5 Å². The van der Waals surface area contributed by atoms with E-state index in [2.05, 4.69) is 11.8 Å². The Kier molecular flexibility index (Phi) is 3.56. The van der Waals surface area contributed by atoms with Gasteiger partial charge in [0.2, 0.25) is 0 Å². The predicted octanol–water partition coefficient (Wildman–Crippen LogP) is 0.647. The molecule has 3 nitrogen and oxygen atoms in total. The molecule has 1 aliphatic heterocycles. The summed E-state index contributed by atoms with van der Waals surface area (Å²) in [5.74, 6) is 0. The second-order valence-corrected chi connectivity index (χ2v) is 4.68. The molecule has 1 heterocycles. The number of quaternary nitrogens is 1. The van der Waals surface area contributed by atoms with Crippen LogP contribution in [0.15, 0.2) is 18.2 Å². The zero-order chi connectivity index (χ0) is 11.5. The summed E-state index contributed by atoms with van der Waals surface area (Å²) in [6, 6.07) is 5.72. The first kappa shape index (κ1) is 11.6. The number of anilines is 2. The number of hydrogen-bond donors (Lipinski definition) is 2. The predicted molar refractivity (Wildman–Crippen MR) is 69.3 cm³/mol. The van der Waals surface area contributed by atoms with Crippen molar-refractivity contribution in [3.05, 3.63) is 23.2 Å². The number of likely N-dealkylation sites (N-methyl/N-ethyl adjacent to an activating group) is 1. The molecule has 1 saturated heterocycles. The quantitative estimate of drug-likeness (QED) is 0.745. The molecule has 4 heteroatoms. The van der Waals surface area contributed by atoms with Crippen LogP contribution in [0.3, 0.4) is 0 Å². The maximum Gasteiger partial charge on any atom is 0.0949 e. The van der Waals surface area contributed by atoms with Gasteiger partial charge in [0.25, 0.3) is 0 Å².